The van der Waals surface area contributed by atoms with Crippen molar-refractivity contribution in [2.75, 3.05) is 26.2 Å². The molecule has 1 aromatic heterocycles. The van der Waals surface area contributed by atoms with Gasteiger partial charge in [-0.1, -0.05) is 13.0 Å². The van der Waals surface area contributed by atoms with Crippen molar-refractivity contribution in [2.45, 2.75) is 19.8 Å². The predicted molar refractivity (Wildman–Crippen MR) is 94.0 cm³/mol. The van der Waals surface area contributed by atoms with E-state index in [-0.39, 0.29) is 18.3 Å². The highest BCUT2D eigenvalue weighted by atomic mass is 35.5. The smallest absolute Gasteiger partial charge is 0.256 e. The van der Waals surface area contributed by atoms with Gasteiger partial charge in [0.2, 0.25) is 0 Å². The van der Waals surface area contributed by atoms with Crippen LogP contribution in [0.15, 0.2) is 30.6 Å². The highest BCUT2D eigenvalue weighted by Crippen LogP contribution is 2.21. The summed E-state index contributed by atoms with van der Waals surface area (Å²) >= 11 is 0. The molecule has 0 spiro atoms. The molecule has 6 heteroatoms. The molecule has 0 bridgehead atoms. The predicted octanol–water partition coefficient (Wildman–Crippen LogP) is 2.51. The lowest BCUT2D eigenvalue weighted by Gasteiger charge is -2.32. The SMILES string of the molecule is CCNCC1CCN(C(=O)c2cccc3nccnc23)CC1.Cl. The molecule has 0 aliphatic carbocycles. The normalized spacial score (nSPS) is 15.4. The van der Waals surface area contributed by atoms with Crippen LogP contribution in [-0.2, 0) is 0 Å². The molecule has 1 saturated heterocycles. The van der Waals surface area contributed by atoms with Gasteiger partial charge in [-0.15, -0.1) is 12.4 Å². The van der Waals surface area contributed by atoms with Crippen molar-refractivity contribution in [3.8, 4) is 0 Å². The van der Waals surface area contributed by atoms with Gasteiger partial charge in [-0.2, -0.15) is 0 Å². The maximum Gasteiger partial charge on any atom is 0.256 e. The Hall–Kier alpha value is -1.72. The van der Waals surface area contributed by atoms with Crippen LogP contribution in [0.25, 0.3) is 11.0 Å². The molecule has 2 aromatic rings. The highest BCUT2D eigenvalue weighted by molar-refractivity contribution is 6.04. The maximum absolute atomic E-state index is 12.8. The molecular formula is C17H23ClN4O. The molecule has 1 N–H and O–H groups in total. The topological polar surface area (TPSA) is 58.1 Å². The largest absolute Gasteiger partial charge is 0.339 e. The molecule has 23 heavy (non-hydrogen) atoms. The third-order valence-corrected chi connectivity index (χ3v) is 4.31. The lowest BCUT2D eigenvalue weighted by atomic mass is 9.96. The molecule has 0 atom stereocenters. The molecule has 3 rings (SSSR count). The number of hydrogen-bond donors (Lipinski definition) is 1. The molecule has 1 amide bonds. The van der Waals surface area contributed by atoms with Gasteiger partial charge >= 0.3 is 0 Å². The third kappa shape index (κ3) is 3.98. The first-order valence-corrected chi connectivity index (χ1v) is 7.99. The van der Waals surface area contributed by atoms with Crippen LogP contribution in [0.1, 0.15) is 30.1 Å². The van der Waals surface area contributed by atoms with Gasteiger partial charge in [0.15, 0.2) is 0 Å². The van der Waals surface area contributed by atoms with E-state index in [0.29, 0.717) is 17.0 Å². The van der Waals surface area contributed by atoms with Crippen molar-refractivity contribution < 1.29 is 4.79 Å². The minimum atomic E-state index is 0. The Labute approximate surface area is 142 Å². The zero-order chi connectivity index (χ0) is 15.4. The van der Waals surface area contributed by atoms with Crippen LogP contribution in [0.3, 0.4) is 0 Å². The molecule has 0 saturated carbocycles. The Bertz CT molecular complexity index is 651. The van der Waals surface area contributed by atoms with E-state index in [4.69, 9.17) is 0 Å². The number of halogens is 1. The van der Waals surface area contributed by atoms with Gasteiger partial charge in [-0.3, -0.25) is 14.8 Å². The number of rotatable bonds is 4. The van der Waals surface area contributed by atoms with Crippen LogP contribution in [0.2, 0.25) is 0 Å². The van der Waals surface area contributed by atoms with Gasteiger partial charge in [0.05, 0.1) is 11.1 Å². The number of likely N-dealkylation sites (tertiary alicyclic amines) is 1. The molecule has 5 nitrogen and oxygen atoms in total. The standard InChI is InChI=1S/C17H22N4O.ClH/c1-2-18-12-13-6-10-21(11-7-13)17(22)14-4-3-5-15-16(14)20-9-8-19-15;/h3-5,8-9,13,18H,2,6-7,10-12H2,1H3;1H. The Morgan fingerprint density at radius 3 is 2.74 bits per heavy atom. The first-order valence-electron chi connectivity index (χ1n) is 7.99. The number of fused-ring (bicyclic) bond motifs is 1. The summed E-state index contributed by atoms with van der Waals surface area (Å²) in [6.45, 7) is 5.84. The van der Waals surface area contributed by atoms with Crippen molar-refractivity contribution >= 4 is 29.3 Å². The minimum absolute atomic E-state index is 0. The average Bonchev–Trinajstić information content (AvgIpc) is 2.59. The van der Waals surface area contributed by atoms with Crippen molar-refractivity contribution in [3.63, 3.8) is 0 Å². The number of para-hydroxylation sites is 1. The maximum atomic E-state index is 12.8. The van der Waals surface area contributed by atoms with E-state index in [0.717, 1.165) is 44.5 Å². The quantitative estimate of drug-likeness (QED) is 0.933. The fourth-order valence-corrected chi connectivity index (χ4v) is 3.02. The van der Waals surface area contributed by atoms with Gasteiger partial charge in [-0.05, 0) is 44.0 Å². The Morgan fingerprint density at radius 1 is 1.26 bits per heavy atom. The van der Waals surface area contributed by atoms with Gasteiger partial charge in [0.25, 0.3) is 5.91 Å². The fraction of sp³-hybridized carbons (Fsp3) is 0.471. The number of amides is 1. The number of carbonyl (C=O) groups is 1. The molecule has 124 valence electrons. The molecule has 0 radical (unpaired) electrons. The average molecular weight is 335 g/mol. The molecule has 0 unspecified atom stereocenters. The molecule has 1 fully saturated rings. The van der Waals surface area contributed by atoms with E-state index >= 15 is 0 Å². The fourth-order valence-electron chi connectivity index (χ4n) is 3.02. The first-order chi connectivity index (χ1) is 10.8. The minimum Gasteiger partial charge on any atom is -0.339 e. The summed E-state index contributed by atoms with van der Waals surface area (Å²) in [4.78, 5) is 23.3. The highest BCUT2D eigenvalue weighted by Gasteiger charge is 2.24. The number of hydrogen-bond acceptors (Lipinski definition) is 4. The van der Waals surface area contributed by atoms with E-state index in [2.05, 4.69) is 22.2 Å². The lowest BCUT2D eigenvalue weighted by Crippen LogP contribution is -2.40. The van der Waals surface area contributed by atoms with Crippen molar-refractivity contribution in [2.24, 2.45) is 5.92 Å². The van der Waals surface area contributed by atoms with Crippen molar-refractivity contribution in [1.82, 2.24) is 20.2 Å². The summed E-state index contributed by atoms with van der Waals surface area (Å²) in [5.41, 5.74) is 2.14. The number of nitrogens with zero attached hydrogens (tertiary/aromatic N) is 3. The van der Waals surface area contributed by atoms with E-state index in [1.54, 1.807) is 12.4 Å². The first kappa shape index (κ1) is 17.6. The van der Waals surface area contributed by atoms with Crippen LogP contribution in [0.4, 0.5) is 0 Å². The van der Waals surface area contributed by atoms with Crippen LogP contribution in [-0.4, -0.2) is 47.0 Å². The van der Waals surface area contributed by atoms with Crippen LogP contribution in [0.5, 0.6) is 0 Å². The number of benzene rings is 1. The number of nitrogens with one attached hydrogen (secondary N) is 1. The van der Waals surface area contributed by atoms with Crippen molar-refractivity contribution in [1.29, 1.82) is 0 Å². The zero-order valence-electron chi connectivity index (χ0n) is 13.4. The second kappa shape index (κ2) is 8.22. The van der Waals surface area contributed by atoms with Gasteiger partial charge in [0, 0.05) is 25.5 Å². The second-order valence-electron chi connectivity index (χ2n) is 5.77. The third-order valence-electron chi connectivity index (χ3n) is 4.31. The monoisotopic (exact) mass is 334 g/mol. The summed E-state index contributed by atoms with van der Waals surface area (Å²) in [6.07, 6.45) is 5.43. The van der Waals surface area contributed by atoms with Crippen LogP contribution >= 0.6 is 12.4 Å². The Morgan fingerprint density at radius 2 is 2.00 bits per heavy atom. The molecule has 1 aliphatic heterocycles. The van der Waals surface area contributed by atoms with Gasteiger partial charge in [0.1, 0.15) is 5.52 Å². The molecule has 1 aliphatic rings. The zero-order valence-corrected chi connectivity index (χ0v) is 14.2. The van der Waals surface area contributed by atoms with E-state index < -0.39 is 0 Å². The number of piperidine rings is 1. The summed E-state index contributed by atoms with van der Waals surface area (Å²) in [6, 6.07) is 5.62. The van der Waals surface area contributed by atoms with Gasteiger partial charge in [-0.25, -0.2) is 0 Å². The molecule has 2 heterocycles. The number of aromatic nitrogens is 2. The summed E-state index contributed by atoms with van der Waals surface area (Å²) in [5.74, 6) is 0.754. The Balaban J connectivity index is 0.00000192. The second-order valence-corrected chi connectivity index (χ2v) is 5.77. The van der Waals surface area contributed by atoms with E-state index in [1.807, 2.05) is 23.1 Å². The van der Waals surface area contributed by atoms with Gasteiger partial charge < -0.3 is 10.2 Å². The summed E-state index contributed by atoms with van der Waals surface area (Å²) in [7, 11) is 0. The Kier molecular flexibility index (Phi) is 6.30. The van der Waals surface area contributed by atoms with E-state index in [1.165, 1.54) is 0 Å². The van der Waals surface area contributed by atoms with Crippen LogP contribution < -0.4 is 5.32 Å². The molecule has 1 aromatic carbocycles. The summed E-state index contributed by atoms with van der Waals surface area (Å²) in [5, 5.41) is 3.40. The lowest BCUT2D eigenvalue weighted by molar-refractivity contribution is 0.0692. The van der Waals surface area contributed by atoms with E-state index in [9.17, 15) is 4.79 Å². The van der Waals surface area contributed by atoms with Crippen LogP contribution in [0, 0.1) is 5.92 Å². The molecular weight excluding hydrogens is 312 g/mol. The van der Waals surface area contributed by atoms with Crippen molar-refractivity contribution in [3.05, 3.63) is 36.2 Å². The number of carbonyl (C=O) groups excluding carboxylic acids is 1. The summed E-state index contributed by atoms with van der Waals surface area (Å²) < 4.78 is 0.